The van der Waals surface area contributed by atoms with Crippen LogP contribution in [0.3, 0.4) is 0 Å². The Balaban J connectivity index is 2.11. The van der Waals surface area contributed by atoms with Crippen molar-refractivity contribution in [3.63, 3.8) is 0 Å². The average molecular weight is 277 g/mol. The van der Waals surface area contributed by atoms with Crippen LogP contribution in [0.25, 0.3) is 0 Å². The molecule has 2 heterocycles. The molecule has 1 atom stereocenters. The third kappa shape index (κ3) is 3.44. The Hall–Kier alpha value is -1.62. The van der Waals surface area contributed by atoms with Gasteiger partial charge in [0, 0.05) is 24.5 Å². The lowest BCUT2D eigenvalue weighted by Crippen LogP contribution is -2.29. The summed E-state index contributed by atoms with van der Waals surface area (Å²) in [6.07, 6.45) is 4.28. The van der Waals surface area contributed by atoms with Gasteiger partial charge in [0.15, 0.2) is 5.82 Å². The predicted octanol–water partition coefficient (Wildman–Crippen LogP) is 2.93. The number of nitrogens with one attached hydrogen (secondary N) is 1. The summed E-state index contributed by atoms with van der Waals surface area (Å²) in [6.45, 7) is 6.03. The first-order chi connectivity index (χ1) is 9.08. The van der Waals surface area contributed by atoms with Gasteiger partial charge in [-0.3, -0.25) is 4.79 Å². The second-order valence-corrected chi connectivity index (χ2v) is 5.74. The molecule has 2 aromatic heterocycles. The van der Waals surface area contributed by atoms with Crippen molar-refractivity contribution < 1.29 is 0 Å². The second-order valence-electron chi connectivity index (χ2n) is 4.96. The van der Waals surface area contributed by atoms with Gasteiger partial charge in [-0.15, -0.1) is 0 Å². The van der Waals surface area contributed by atoms with Crippen LogP contribution in [0.4, 0.5) is 5.82 Å². The monoisotopic (exact) mass is 277 g/mol. The molecule has 19 heavy (non-hydrogen) atoms. The van der Waals surface area contributed by atoms with Crippen molar-refractivity contribution >= 4 is 17.2 Å². The lowest BCUT2D eigenvalue weighted by atomic mass is 10.1. The van der Waals surface area contributed by atoms with Crippen LogP contribution in [0.2, 0.25) is 0 Å². The van der Waals surface area contributed by atoms with Crippen molar-refractivity contribution in [2.45, 2.75) is 39.3 Å². The minimum Gasteiger partial charge on any atom is -0.363 e. The number of aromatic nitrogens is 2. The fraction of sp³-hybridized carbons (Fsp3) is 0.429. The third-order valence-corrected chi connectivity index (χ3v) is 3.66. The smallest absolute Gasteiger partial charge is 0.293 e. The molecule has 0 aliphatic rings. The lowest BCUT2D eigenvalue weighted by molar-refractivity contribution is 0.574. The number of anilines is 1. The summed E-state index contributed by atoms with van der Waals surface area (Å²) in [5, 5.41) is 7.40. The molecule has 0 saturated carbocycles. The van der Waals surface area contributed by atoms with Crippen LogP contribution in [0, 0.1) is 0 Å². The van der Waals surface area contributed by atoms with E-state index < -0.39 is 0 Å². The number of hydrogen-bond donors (Lipinski definition) is 1. The topological polar surface area (TPSA) is 46.9 Å². The van der Waals surface area contributed by atoms with Crippen LogP contribution in [-0.2, 0) is 6.42 Å². The van der Waals surface area contributed by atoms with E-state index in [-0.39, 0.29) is 17.6 Å². The SMILES string of the molecule is CC(Cc1ccsc1)Nc1nccn(C(C)C)c1=O. The van der Waals surface area contributed by atoms with Gasteiger partial charge in [0.2, 0.25) is 0 Å². The van der Waals surface area contributed by atoms with E-state index in [0.29, 0.717) is 5.82 Å². The molecule has 0 fully saturated rings. The summed E-state index contributed by atoms with van der Waals surface area (Å²) < 4.78 is 1.69. The summed E-state index contributed by atoms with van der Waals surface area (Å²) in [5.41, 5.74) is 1.22. The van der Waals surface area contributed by atoms with Crippen molar-refractivity contribution in [1.82, 2.24) is 9.55 Å². The third-order valence-electron chi connectivity index (χ3n) is 2.93. The molecule has 0 bridgehead atoms. The zero-order valence-electron chi connectivity index (χ0n) is 11.5. The van der Waals surface area contributed by atoms with E-state index in [0.717, 1.165) is 6.42 Å². The van der Waals surface area contributed by atoms with Gasteiger partial charge in [-0.2, -0.15) is 11.3 Å². The van der Waals surface area contributed by atoms with E-state index in [4.69, 9.17) is 0 Å². The highest BCUT2D eigenvalue weighted by atomic mass is 32.1. The molecule has 1 unspecified atom stereocenters. The van der Waals surface area contributed by atoms with E-state index in [1.165, 1.54) is 5.56 Å². The van der Waals surface area contributed by atoms with Gasteiger partial charge in [-0.1, -0.05) is 0 Å². The predicted molar refractivity (Wildman–Crippen MR) is 80.0 cm³/mol. The first-order valence-electron chi connectivity index (χ1n) is 6.42. The van der Waals surface area contributed by atoms with Gasteiger partial charge >= 0.3 is 0 Å². The van der Waals surface area contributed by atoms with Crippen LogP contribution in [0.1, 0.15) is 32.4 Å². The molecule has 2 aromatic rings. The largest absolute Gasteiger partial charge is 0.363 e. The Morgan fingerprint density at radius 1 is 1.42 bits per heavy atom. The Morgan fingerprint density at radius 3 is 2.84 bits per heavy atom. The van der Waals surface area contributed by atoms with Gasteiger partial charge < -0.3 is 9.88 Å². The van der Waals surface area contributed by atoms with E-state index in [1.54, 1.807) is 28.3 Å². The number of nitrogens with zero attached hydrogens (tertiary/aromatic N) is 2. The van der Waals surface area contributed by atoms with E-state index in [9.17, 15) is 4.79 Å². The quantitative estimate of drug-likeness (QED) is 0.914. The van der Waals surface area contributed by atoms with Crippen molar-refractivity contribution in [2.24, 2.45) is 0 Å². The molecule has 0 spiro atoms. The zero-order chi connectivity index (χ0) is 13.8. The Labute approximate surface area is 117 Å². The normalized spacial score (nSPS) is 12.6. The Morgan fingerprint density at radius 2 is 2.21 bits per heavy atom. The minimum absolute atomic E-state index is 0.0605. The van der Waals surface area contributed by atoms with Crippen molar-refractivity contribution in [3.05, 3.63) is 45.1 Å². The zero-order valence-corrected chi connectivity index (χ0v) is 12.3. The summed E-state index contributed by atoms with van der Waals surface area (Å²) in [6, 6.07) is 2.43. The molecular weight excluding hydrogens is 258 g/mol. The number of thiophene rings is 1. The first-order valence-corrected chi connectivity index (χ1v) is 7.37. The Bertz CT molecular complexity index is 575. The molecule has 0 aromatic carbocycles. The first kappa shape index (κ1) is 13.8. The van der Waals surface area contributed by atoms with Crippen LogP contribution >= 0.6 is 11.3 Å². The molecule has 0 amide bonds. The average Bonchev–Trinajstić information content (AvgIpc) is 2.84. The number of hydrogen-bond acceptors (Lipinski definition) is 4. The molecule has 0 aliphatic carbocycles. The van der Waals surface area contributed by atoms with Gasteiger partial charge in [0.1, 0.15) is 0 Å². The van der Waals surface area contributed by atoms with E-state index in [1.807, 2.05) is 13.8 Å². The fourth-order valence-corrected chi connectivity index (χ4v) is 2.66. The second kappa shape index (κ2) is 6.02. The van der Waals surface area contributed by atoms with Crippen LogP contribution in [0.15, 0.2) is 34.0 Å². The summed E-state index contributed by atoms with van der Waals surface area (Å²) in [4.78, 5) is 16.3. The van der Waals surface area contributed by atoms with E-state index in [2.05, 4.69) is 34.1 Å². The summed E-state index contributed by atoms with van der Waals surface area (Å²) in [5.74, 6) is 0.430. The maximum Gasteiger partial charge on any atom is 0.293 e. The van der Waals surface area contributed by atoms with Gasteiger partial charge in [0.25, 0.3) is 5.56 Å². The standard InChI is InChI=1S/C14H19N3OS/c1-10(2)17-6-5-15-13(14(17)18)16-11(3)8-12-4-7-19-9-12/h4-7,9-11H,8H2,1-3H3,(H,15,16). The van der Waals surface area contributed by atoms with Crippen molar-refractivity contribution in [2.75, 3.05) is 5.32 Å². The molecular formula is C14H19N3OS. The van der Waals surface area contributed by atoms with Crippen molar-refractivity contribution in [3.8, 4) is 0 Å². The van der Waals surface area contributed by atoms with Gasteiger partial charge in [-0.05, 0) is 49.6 Å². The van der Waals surface area contributed by atoms with Crippen LogP contribution < -0.4 is 10.9 Å². The maximum absolute atomic E-state index is 12.2. The van der Waals surface area contributed by atoms with Crippen molar-refractivity contribution in [1.29, 1.82) is 0 Å². The number of rotatable bonds is 5. The van der Waals surface area contributed by atoms with Gasteiger partial charge in [-0.25, -0.2) is 4.98 Å². The fourth-order valence-electron chi connectivity index (χ4n) is 1.98. The van der Waals surface area contributed by atoms with Crippen LogP contribution in [-0.4, -0.2) is 15.6 Å². The molecule has 0 radical (unpaired) electrons. The molecule has 102 valence electrons. The maximum atomic E-state index is 12.2. The minimum atomic E-state index is -0.0605. The molecule has 0 saturated heterocycles. The molecule has 2 rings (SSSR count). The van der Waals surface area contributed by atoms with Crippen LogP contribution in [0.5, 0.6) is 0 Å². The highest BCUT2D eigenvalue weighted by Crippen LogP contribution is 2.10. The summed E-state index contributed by atoms with van der Waals surface area (Å²) in [7, 11) is 0. The highest BCUT2D eigenvalue weighted by Gasteiger charge is 2.10. The Kier molecular flexibility index (Phi) is 4.37. The van der Waals surface area contributed by atoms with Gasteiger partial charge in [0.05, 0.1) is 0 Å². The summed E-state index contributed by atoms with van der Waals surface area (Å²) >= 11 is 1.69. The molecule has 4 nitrogen and oxygen atoms in total. The molecule has 1 N–H and O–H groups in total. The van der Waals surface area contributed by atoms with E-state index >= 15 is 0 Å². The lowest BCUT2D eigenvalue weighted by Gasteiger charge is -2.15. The molecule has 5 heteroatoms. The highest BCUT2D eigenvalue weighted by molar-refractivity contribution is 7.07. The molecule has 0 aliphatic heterocycles.